The molecule has 3 N–H and O–H groups in total. The number of rotatable bonds is 7. The van der Waals surface area contributed by atoms with Gasteiger partial charge in [-0.15, -0.1) is 0 Å². The highest BCUT2D eigenvalue weighted by atomic mass is 16.5. The number of aliphatic hydroxyl groups is 3. The zero-order valence-electron chi connectivity index (χ0n) is 11.6. The van der Waals surface area contributed by atoms with E-state index in [0.29, 0.717) is 0 Å². The molecule has 1 fully saturated rings. The third-order valence-corrected chi connectivity index (χ3v) is 3.86. The van der Waals surface area contributed by atoms with Crippen molar-refractivity contribution in [2.24, 2.45) is 5.92 Å². The van der Waals surface area contributed by atoms with Crippen molar-refractivity contribution in [1.29, 1.82) is 0 Å². The van der Waals surface area contributed by atoms with E-state index in [1.807, 2.05) is 6.92 Å². The first kappa shape index (κ1) is 15.9. The minimum Gasteiger partial charge on any atom is -0.388 e. The molecule has 1 aliphatic heterocycles. The van der Waals surface area contributed by atoms with E-state index in [2.05, 4.69) is 6.92 Å². The zero-order chi connectivity index (χ0) is 13.5. The Morgan fingerprint density at radius 2 is 1.72 bits per heavy atom. The Morgan fingerprint density at radius 1 is 1.06 bits per heavy atom. The summed E-state index contributed by atoms with van der Waals surface area (Å²) in [6, 6.07) is 0. The Morgan fingerprint density at radius 3 is 2.39 bits per heavy atom. The smallest absolute Gasteiger partial charge is 0.111 e. The molecule has 2 unspecified atom stereocenters. The highest BCUT2D eigenvalue weighted by Gasteiger charge is 2.39. The summed E-state index contributed by atoms with van der Waals surface area (Å²) in [7, 11) is 0. The van der Waals surface area contributed by atoms with Crippen molar-refractivity contribution in [3.63, 3.8) is 0 Å². The van der Waals surface area contributed by atoms with Gasteiger partial charge in [0.25, 0.3) is 0 Å². The third kappa shape index (κ3) is 4.50. The average Bonchev–Trinajstić information content (AvgIpc) is 2.35. The minimum absolute atomic E-state index is 0.114. The molecule has 0 saturated carbocycles. The van der Waals surface area contributed by atoms with Crippen molar-refractivity contribution in [2.45, 2.75) is 76.8 Å². The lowest BCUT2D eigenvalue weighted by atomic mass is 9.88. The molecule has 0 radical (unpaired) electrons. The van der Waals surface area contributed by atoms with Crippen LogP contribution in [-0.2, 0) is 4.74 Å². The summed E-state index contributed by atoms with van der Waals surface area (Å²) in [5.74, 6) is 0.212. The van der Waals surface area contributed by atoms with Crippen LogP contribution in [0.1, 0.15) is 52.4 Å². The maximum atomic E-state index is 9.88. The SMILES string of the molecule is CCCCCCCC(C)C1OC[C@@H](O)[C@H](O)[C@H]1O. The molecule has 108 valence electrons. The van der Waals surface area contributed by atoms with Crippen LogP contribution in [-0.4, -0.2) is 46.3 Å². The van der Waals surface area contributed by atoms with Crippen LogP contribution in [0.2, 0.25) is 0 Å². The molecule has 0 bridgehead atoms. The standard InChI is InChI=1S/C14H28O4/c1-3-4-5-6-7-8-10(2)14-13(17)12(16)11(15)9-18-14/h10-17H,3-9H2,1-2H3/t10?,11-,12+,13-,14?/m1/s1. The monoisotopic (exact) mass is 260 g/mol. The van der Waals surface area contributed by atoms with Gasteiger partial charge in [-0.3, -0.25) is 0 Å². The Hall–Kier alpha value is -0.160. The molecule has 1 rings (SSSR count). The lowest BCUT2D eigenvalue weighted by Crippen LogP contribution is -2.54. The van der Waals surface area contributed by atoms with E-state index in [0.717, 1.165) is 12.8 Å². The number of aliphatic hydroxyl groups excluding tert-OH is 3. The molecule has 5 atom stereocenters. The van der Waals surface area contributed by atoms with E-state index in [1.54, 1.807) is 0 Å². The molecule has 18 heavy (non-hydrogen) atoms. The molecule has 0 aromatic rings. The molecular formula is C14H28O4. The Bertz CT molecular complexity index is 222. The number of unbranched alkanes of at least 4 members (excludes halogenated alkanes) is 4. The van der Waals surface area contributed by atoms with Crippen LogP contribution >= 0.6 is 0 Å². The molecule has 0 aromatic heterocycles. The Balaban J connectivity index is 2.26. The van der Waals surface area contributed by atoms with Crippen LogP contribution in [0.3, 0.4) is 0 Å². The second-order valence-electron chi connectivity index (χ2n) is 5.53. The molecule has 1 aliphatic rings. The normalized spacial score (nSPS) is 34.5. The maximum absolute atomic E-state index is 9.88. The van der Waals surface area contributed by atoms with Gasteiger partial charge >= 0.3 is 0 Å². The van der Waals surface area contributed by atoms with Gasteiger partial charge in [0.05, 0.1) is 12.7 Å². The zero-order valence-corrected chi connectivity index (χ0v) is 11.6. The Labute approximate surface area is 110 Å². The van der Waals surface area contributed by atoms with Gasteiger partial charge in [0.15, 0.2) is 0 Å². The molecule has 0 aromatic carbocycles. The summed E-state index contributed by atoms with van der Waals surface area (Å²) in [4.78, 5) is 0. The topological polar surface area (TPSA) is 69.9 Å². The van der Waals surface area contributed by atoms with Crippen molar-refractivity contribution >= 4 is 0 Å². The molecule has 4 nitrogen and oxygen atoms in total. The van der Waals surface area contributed by atoms with Crippen molar-refractivity contribution in [3.8, 4) is 0 Å². The van der Waals surface area contributed by atoms with Gasteiger partial charge in [0, 0.05) is 0 Å². The van der Waals surface area contributed by atoms with E-state index in [4.69, 9.17) is 4.74 Å². The maximum Gasteiger partial charge on any atom is 0.111 e. The van der Waals surface area contributed by atoms with Gasteiger partial charge in [-0.25, -0.2) is 0 Å². The van der Waals surface area contributed by atoms with Crippen molar-refractivity contribution < 1.29 is 20.1 Å². The largest absolute Gasteiger partial charge is 0.388 e. The van der Waals surface area contributed by atoms with E-state index in [1.165, 1.54) is 25.7 Å². The number of ether oxygens (including phenoxy) is 1. The fourth-order valence-electron chi connectivity index (χ4n) is 2.56. The lowest BCUT2D eigenvalue weighted by molar-refractivity contribution is -0.199. The average molecular weight is 260 g/mol. The third-order valence-electron chi connectivity index (χ3n) is 3.86. The van der Waals surface area contributed by atoms with E-state index >= 15 is 0 Å². The fourth-order valence-corrected chi connectivity index (χ4v) is 2.56. The minimum atomic E-state index is -1.08. The van der Waals surface area contributed by atoms with Gasteiger partial charge in [0.2, 0.25) is 0 Å². The molecule has 4 heteroatoms. The molecule has 1 saturated heterocycles. The summed E-state index contributed by atoms with van der Waals surface area (Å²) in [6.07, 6.45) is 3.76. The summed E-state index contributed by atoms with van der Waals surface area (Å²) in [5.41, 5.74) is 0. The fraction of sp³-hybridized carbons (Fsp3) is 1.00. The molecular weight excluding hydrogens is 232 g/mol. The summed E-state index contributed by atoms with van der Waals surface area (Å²) < 4.78 is 5.45. The van der Waals surface area contributed by atoms with Crippen LogP contribution in [0.25, 0.3) is 0 Å². The van der Waals surface area contributed by atoms with E-state index in [-0.39, 0.29) is 18.6 Å². The quantitative estimate of drug-likeness (QED) is 0.606. The van der Waals surface area contributed by atoms with Crippen LogP contribution in [0.15, 0.2) is 0 Å². The van der Waals surface area contributed by atoms with Crippen LogP contribution in [0, 0.1) is 5.92 Å². The number of hydrogen-bond acceptors (Lipinski definition) is 4. The second kappa shape index (κ2) is 8.10. The highest BCUT2D eigenvalue weighted by Crippen LogP contribution is 2.25. The highest BCUT2D eigenvalue weighted by molar-refractivity contribution is 4.88. The van der Waals surface area contributed by atoms with Gasteiger partial charge in [-0.05, 0) is 12.3 Å². The summed E-state index contributed by atoms with van der Waals surface area (Å²) >= 11 is 0. The van der Waals surface area contributed by atoms with Crippen molar-refractivity contribution in [1.82, 2.24) is 0 Å². The van der Waals surface area contributed by atoms with Crippen molar-refractivity contribution in [3.05, 3.63) is 0 Å². The molecule has 0 spiro atoms. The molecule has 0 aliphatic carbocycles. The first-order valence-electron chi connectivity index (χ1n) is 7.23. The van der Waals surface area contributed by atoms with Crippen LogP contribution in [0.4, 0.5) is 0 Å². The predicted molar refractivity (Wildman–Crippen MR) is 70.3 cm³/mol. The summed E-state index contributed by atoms with van der Waals surface area (Å²) in [5, 5.41) is 28.9. The van der Waals surface area contributed by atoms with Gasteiger partial charge in [-0.2, -0.15) is 0 Å². The van der Waals surface area contributed by atoms with Gasteiger partial charge < -0.3 is 20.1 Å². The molecule has 0 amide bonds. The van der Waals surface area contributed by atoms with Crippen LogP contribution < -0.4 is 0 Å². The van der Waals surface area contributed by atoms with Gasteiger partial charge in [-0.1, -0.05) is 46.0 Å². The molecule has 1 heterocycles. The second-order valence-corrected chi connectivity index (χ2v) is 5.53. The first-order valence-corrected chi connectivity index (χ1v) is 7.23. The number of hydrogen-bond donors (Lipinski definition) is 3. The first-order chi connectivity index (χ1) is 8.57. The predicted octanol–water partition coefficient (Wildman–Crippen LogP) is 1.46. The lowest BCUT2D eigenvalue weighted by Gasteiger charge is -2.38. The Kier molecular flexibility index (Phi) is 7.15. The summed E-state index contributed by atoms with van der Waals surface area (Å²) in [6.45, 7) is 4.35. The van der Waals surface area contributed by atoms with Crippen LogP contribution in [0.5, 0.6) is 0 Å². The van der Waals surface area contributed by atoms with E-state index in [9.17, 15) is 15.3 Å². The van der Waals surface area contributed by atoms with Crippen molar-refractivity contribution in [2.75, 3.05) is 6.61 Å². The van der Waals surface area contributed by atoms with E-state index < -0.39 is 18.3 Å². The van der Waals surface area contributed by atoms with Gasteiger partial charge in [0.1, 0.15) is 18.3 Å².